The maximum absolute atomic E-state index is 12.2. The number of rotatable bonds is 5. The number of hydrogen-bond acceptors (Lipinski definition) is 3. The van der Waals surface area contributed by atoms with Gasteiger partial charge in [-0.25, -0.2) is 0 Å². The monoisotopic (exact) mass is 323 g/mol. The lowest BCUT2D eigenvalue weighted by atomic mass is 9.96. The molecule has 4 heteroatoms. The number of likely N-dealkylation sites (tertiary alicyclic amines) is 1. The molecule has 2 heterocycles. The third kappa shape index (κ3) is 4.65. The van der Waals surface area contributed by atoms with E-state index in [4.69, 9.17) is 0 Å². The van der Waals surface area contributed by atoms with Crippen molar-refractivity contribution in [2.24, 2.45) is 5.92 Å². The zero-order chi connectivity index (χ0) is 16.8. The predicted molar refractivity (Wildman–Crippen MR) is 95.8 cm³/mol. The third-order valence-electron chi connectivity index (χ3n) is 4.67. The van der Waals surface area contributed by atoms with E-state index in [9.17, 15) is 4.79 Å². The Hall–Kier alpha value is -2.20. The van der Waals surface area contributed by atoms with Crippen LogP contribution in [0.4, 0.5) is 0 Å². The van der Waals surface area contributed by atoms with E-state index in [0.717, 1.165) is 50.1 Å². The number of piperidine rings is 1. The Morgan fingerprint density at radius 2 is 2.08 bits per heavy atom. The lowest BCUT2D eigenvalue weighted by molar-refractivity contribution is 0.0935. The Morgan fingerprint density at radius 1 is 1.25 bits per heavy atom. The second-order valence-corrected chi connectivity index (χ2v) is 6.66. The molecule has 1 aromatic heterocycles. The van der Waals surface area contributed by atoms with Crippen LogP contribution in [0.25, 0.3) is 0 Å². The van der Waals surface area contributed by atoms with Gasteiger partial charge in [-0.1, -0.05) is 23.8 Å². The molecule has 1 saturated heterocycles. The molecular formula is C20H25N3O. The first kappa shape index (κ1) is 16.7. The molecule has 3 rings (SSSR count). The maximum atomic E-state index is 12.2. The maximum Gasteiger partial charge on any atom is 0.251 e. The highest BCUT2D eigenvalue weighted by atomic mass is 16.1. The molecule has 1 aliphatic rings. The van der Waals surface area contributed by atoms with Crippen molar-refractivity contribution in [2.45, 2.75) is 26.3 Å². The zero-order valence-corrected chi connectivity index (χ0v) is 14.2. The number of aromatic nitrogens is 1. The van der Waals surface area contributed by atoms with Crippen molar-refractivity contribution >= 4 is 5.91 Å². The summed E-state index contributed by atoms with van der Waals surface area (Å²) in [5, 5.41) is 3.09. The predicted octanol–water partition coefficient (Wildman–Crippen LogP) is 3.03. The average Bonchev–Trinajstić information content (AvgIpc) is 2.62. The van der Waals surface area contributed by atoms with Gasteiger partial charge in [0.15, 0.2) is 0 Å². The number of aryl methyl sites for hydroxylation is 1. The molecule has 1 amide bonds. The standard InChI is InChI=1S/C20H25N3O/c1-16-4-2-6-19(12-16)20(24)22-14-17-7-10-23(11-8-17)15-18-5-3-9-21-13-18/h2-6,9,12-13,17H,7-8,10-11,14-15H2,1H3,(H,22,24). The fourth-order valence-electron chi connectivity index (χ4n) is 3.22. The zero-order valence-electron chi connectivity index (χ0n) is 14.2. The molecule has 2 aromatic rings. The number of benzene rings is 1. The summed E-state index contributed by atoms with van der Waals surface area (Å²) in [6.45, 7) is 5.91. The summed E-state index contributed by atoms with van der Waals surface area (Å²) in [4.78, 5) is 18.9. The first-order valence-corrected chi connectivity index (χ1v) is 8.67. The molecule has 4 nitrogen and oxygen atoms in total. The number of pyridine rings is 1. The van der Waals surface area contributed by atoms with E-state index in [1.54, 1.807) is 0 Å². The molecule has 126 valence electrons. The highest BCUT2D eigenvalue weighted by Crippen LogP contribution is 2.18. The van der Waals surface area contributed by atoms with E-state index in [0.29, 0.717) is 5.92 Å². The Kier molecular flexibility index (Phi) is 5.59. The second kappa shape index (κ2) is 8.06. The third-order valence-corrected chi connectivity index (χ3v) is 4.67. The van der Waals surface area contributed by atoms with Crippen LogP contribution in [0, 0.1) is 12.8 Å². The highest BCUT2D eigenvalue weighted by Gasteiger charge is 2.20. The van der Waals surface area contributed by atoms with Crippen molar-refractivity contribution in [3.05, 3.63) is 65.5 Å². The van der Waals surface area contributed by atoms with Crippen LogP contribution in [0.2, 0.25) is 0 Å². The second-order valence-electron chi connectivity index (χ2n) is 6.66. The van der Waals surface area contributed by atoms with E-state index < -0.39 is 0 Å². The molecule has 1 N–H and O–H groups in total. The number of nitrogens with zero attached hydrogens (tertiary/aromatic N) is 2. The first-order chi connectivity index (χ1) is 11.7. The van der Waals surface area contributed by atoms with Crippen molar-refractivity contribution in [1.29, 1.82) is 0 Å². The average molecular weight is 323 g/mol. The van der Waals surface area contributed by atoms with Gasteiger partial charge in [-0.3, -0.25) is 14.7 Å². The van der Waals surface area contributed by atoms with Crippen LogP contribution in [0.15, 0.2) is 48.8 Å². The van der Waals surface area contributed by atoms with Gasteiger partial charge in [0.2, 0.25) is 0 Å². The summed E-state index contributed by atoms with van der Waals surface area (Å²) < 4.78 is 0. The molecule has 0 saturated carbocycles. The van der Waals surface area contributed by atoms with Gasteiger partial charge >= 0.3 is 0 Å². The van der Waals surface area contributed by atoms with Gasteiger partial charge in [0, 0.05) is 31.0 Å². The molecule has 1 aliphatic heterocycles. The van der Waals surface area contributed by atoms with Gasteiger partial charge in [0.25, 0.3) is 5.91 Å². The van der Waals surface area contributed by atoms with Crippen molar-refractivity contribution in [3.63, 3.8) is 0 Å². The number of carbonyl (C=O) groups excluding carboxylic acids is 1. The molecule has 0 unspecified atom stereocenters. The van der Waals surface area contributed by atoms with Crippen LogP contribution in [-0.4, -0.2) is 35.4 Å². The van der Waals surface area contributed by atoms with E-state index >= 15 is 0 Å². The van der Waals surface area contributed by atoms with Crippen LogP contribution >= 0.6 is 0 Å². The SMILES string of the molecule is Cc1cccc(C(=O)NCC2CCN(Cc3cccnc3)CC2)c1. The summed E-state index contributed by atoms with van der Waals surface area (Å²) in [6, 6.07) is 11.9. The van der Waals surface area contributed by atoms with Crippen molar-refractivity contribution in [3.8, 4) is 0 Å². The molecule has 1 fully saturated rings. The smallest absolute Gasteiger partial charge is 0.251 e. The summed E-state index contributed by atoms with van der Waals surface area (Å²) >= 11 is 0. The Balaban J connectivity index is 1.42. The lowest BCUT2D eigenvalue weighted by Crippen LogP contribution is -2.38. The summed E-state index contributed by atoms with van der Waals surface area (Å²) in [7, 11) is 0. The normalized spacial score (nSPS) is 16.0. The van der Waals surface area contributed by atoms with Crippen LogP contribution in [0.5, 0.6) is 0 Å². The van der Waals surface area contributed by atoms with E-state index in [1.165, 1.54) is 5.56 Å². The molecule has 1 aromatic carbocycles. The van der Waals surface area contributed by atoms with Crippen molar-refractivity contribution in [1.82, 2.24) is 15.2 Å². The number of carbonyl (C=O) groups is 1. The van der Waals surface area contributed by atoms with Gasteiger partial charge in [-0.2, -0.15) is 0 Å². The summed E-state index contributed by atoms with van der Waals surface area (Å²) in [6.07, 6.45) is 6.02. The summed E-state index contributed by atoms with van der Waals surface area (Å²) in [5.41, 5.74) is 3.14. The molecule has 0 aliphatic carbocycles. The topological polar surface area (TPSA) is 45.2 Å². The van der Waals surface area contributed by atoms with Crippen molar-refractivity contribution in [2.75, 3.05) is 19.6 Å². The van der Waals surface area contributed by atoms with Gasteiger partial charge in [-0.15, -0.1) is 0 Å². The Bertz CT molecular complexity index is 664. The van der Waals surface area contributed by atoms with Gasteiger partial charge in [-0.05, 0) is 62.5 Å². The van der Waals surface area contributed by atoms with Crippen LogP contribution in [-0.2, 0) is 6.54 Å². The van der Waals surface area contributed by atoms with Crippen LogP contribution in [0.3, 0.4) is 0 Å². The molecule has 0 spiro atoms. The first-order valence-electron chi connectivity index (χ1n) is 8.67. The Morgan fingerprint density at radius 3 is 2.79 bits per heavy atom. The number of amides is 1. The molecule has 0 radical (unpaired) electrons. The molecular weight excluding hydrogens is 298 g/mol. The quantitative estimate of drug-likeness (QED) is 0.920. The fourth-order valence-corrected chi connectivity index (χ4v) is 3.22. The molecule has 0 atom stereocenters. The highest BCUT2D eigenvalue weighted by molar-refractivity contribution is 5.94. The lowest BCUT2D eigenvalue weighted by Gasteiger charge is -2.32. The van der Waals surface area contributed by atoms with Gasteiger partial charge < -0.3 is 5.32 Å². The van der Waals surface area contributed by atoms with Crippen LogP contribution < -0.4 is 5.32 Å². The summed E-state index contributed by atoms with van der Waals surface area (Å²) in [5.74, 6) is 0.611. The van der Waals surface area contributed by atoms with E-state index in [1.807, 2.05) is 49.6 Å². The largest absolute Gasteiger partial charge is 0.352 e. The Labute approximate surface area is 143 Å². The number of hydrogen-bond donors (Lipinski definition) is 1. The number of nitrogens with one attached hydrogen (secondary N) is 1. The van der Waals surface area contributed by atoms with Gasteiger partial charge in [0.1, 0.15) is 0 Å². The van der Waals surface area contributed by atoms with Crippen molar-refractivity contribution < 1.29 is 4.79 Å². The van der Waals surface area contributed by atoms with Gasteiger partial charge in [0.05, 0.1) is 0 Å². The minimum Gasteiger partial charge on any atom is -0.352 e. The van der Waals surface area contributed by atoms with Crippen LogP contribution in [0.1, 0.15) is 34.3 Å². The minimum atomic E-state index is 0.0384. The minimum absolute atomic E-state index is 0.0384. The molecule has 24 heavy (non-hydrogen) atoms. The molecule has 0 bridgehead atoms. The van der Waals surface area contributed by atoms with E-state index in [-0.39, 0.29) is 5.91 Å². The fraction of sp³-hybridized carbons (Fsp3) is 0.400. The van der Waals surface area contributed by atoms with E-state index in [2.05, 4.69) is 21.3 Å².